The van der Waals surface area contributed by atoms with Crippen LogP contribution in [0.1, 0.15) is 0 Å². The van der Waals surface area contributed by atoms with E-state index in [1.54, 1.807) is 0 Å². The molecule has 52 N–H and O–H groups in total. The van der Waals surface area contributed by atoms with E-state index in [2.05, 4.69) is 169 Å². The molecule has 0 atom stereocenters. The van der Waals surface area contributed by atoms with Crippen molar-refractivity contribution in [3.8, 4) is 0 Å². The van der Waals surface area contributed by atoms with Crippen molar-refractivity contribution in [2.45, 2.75) is 0 Å². The van der Waals surface area contributed by atoms with E-state index in [0.29, 0.717) is 0 Å². The molecule has 1 saturated heterocycles. The molecule has 0 aromatic carbocycles. The SMILES string of the molecule is NC(N)=[NH2+].NC(N)=[NH2+].NC(N)=[NH2+].NC(N)=[NH2+].NC(N)=[NH2+].NC(N)=[NH2+].NC(N)=[NH2+].NC(N)=[NH2+].O.O.O=P1([O-])OP(=O)([O-])OP(=O)([O-])OP(=O)([O-])OP(=O)([O-])OP(=O)([O-])OP(=O)([O-])OP(=O)([O-])O1. The van der Waals surface area contributed by atoms with Gasteiger partial charge in [-0.15, -0.1) is 0 Å². The molecule has 0 radical (unpaired) electrons. The monoisotopic (exact) mass is 1150 g/mol. The largest absolute Gasteiger partial charge is 0.756 e. The smallest absolute Gasteiger partial charge is 0.336 e. The van der Waals surface area contributed by atoms with E-state index in [-0.39, 0.29) is 58.6 Å². The summed E-state index contributed by atoms with van der Waals surface area (Å²) in [6.07, 6.45) is 0. The molecule has 1 rings (SSSR count). The summed E-state index contributed by atoms with van der Waals surface area (Å²) in [7, 11) is -55.7. The van der Waals surface area contributed by atoms with E-state index in [1.165, 1.54) is 0 Å². The zero-order valence-corrected chi connectivity index (χ0v) is 39.4. The van der Waals surface area contributed by atoms with Crippen LogP contribution in [-0.2, 0) is 71.0 Å². The van der Waals surface area contributed by atoms with Crippen molar-refractivity contribution in [1.82, 2.24) is 0 Å². The molecule has 1 fully saturated rings. The molecule has 66 heavy (non-hydrogen) atoms. The molecule has 58 heteroatoms. The van der Waals surface area contributed by atoms with Crippen LogP contribution in [0.5, 0.6) is 0 Å². The predicted octanol–water partition coefficient (Wildman–Crippen LogP) is -29.6. The molecule has 0 aliphatic carbocycles. The molecule has 0 amide bonds. The number of guanidine groups is 8. The third kappa shape index (κ3) is 107. The zero-order valence-electron chi connectivity index (χ0n) is 32.2. The van der Waals surface area contributed by atoms with Gasteiger partial charge in [-0.05, 0) is 0 Å². The highest BCUT2D eigenvalue weighted by atomic mass is 31.3. The Labute approximate surface area is 366 Å². The Morgan fingerprint density at radius 2 is 0.258 bits per heavy atom. The third-order valence-corrected chi connectivity index (χ3v) is 14.4. The summed E-state index contributed by atoms with van der Waals surface area (Å²) in [5.41, 5.74) is 73.3. The maximum absolute atomic E-state index is 11.2. The quantitative estimate of drug-likeness (QED) is 0.0608. The van der Waals surface area contributed by atoms with Gasteiger partial charge in [-0.3, -0.25) is 172 Å². The lowest BCUT2D eigenvalue weighted by Gasteiger charge is -2.41. The van der Waals surface area contributed by atoms with Gasteiger partial charge in [0.15, 0.2) is 0 Å². The second kappa shape index (κ2) is 37.4. The molecule has 0 spiro atoms. The van der Waals surface area contributed by atoms with Crippen LogP contribution in [0.3, 0.4) is 0 Å². The lowest BCUT2D eigenvalue weighted by Crippen LogP contribution is -2.51. The van der Waals surface area contributed by atoms with Crippen molar-refractivity contribution in [3.63, 3.8) is 0 Å². The maximum atomic E-state index is 11.2. The van der Waals surface area contributed by atoms with Gasteiger partial charge in [0.05, 0.1) is 0 Å². The summed E-state index contributed by atoms with van der Waals surface area (Å²) in [5, 5.41) is 36.7. The Bertz CT molecular complexity index is 1480. The first-order valence-corrected chi connectivity index (χ1v) is 24.5. The van der Waals surface area contributed by atoms with Gasteiger partial charge >= 0.3 is 47.7 Å². The fourth-order valence-electron chi connectivity index (χ4n) is 1.10. The fraction of sp³-hybridized carbons (Fsp3) is 0. The van der Waals surface area contributed by atoms with Crippen LogP contribution in [0.2, 0.25) is 0 Å². The number of phosphoric acid groups is 8. The van der Waals surface area contributed by atoms with Gasteiger partial charge in [0.2, 0.25) is 0 Å². The zero-order chi connectivity index (χ0) is 54.3. The van der Waals surface area contributed by atoms with Crippen molar-refractivity contribution in [1.29, 1.82) is 0 Å². The van der Waals surface area contributed by atoms with Gasteiger partial charge in [0.1, 0.15) is 0 Å². The molecular weight excluding hydrogens is 1100 g/mol. The van der Waals surface area contributed by atoms with Crippen LogP contribution < -0.4 is 174 Å². The van der Waals surface area contributed by atoms with Crippen molar-refractivity contribution >= 4 is 110 Å². The summed E-state index contributed by atoms with van der Waals surface area (Å²) >= 11 is 0. The van der Waals surface area contributed by atoms with Crippen LogP contribution in [0, 0.1) is 0 Å². The van der Waals surface area contributed by atoms with Gasteiger partial charge in [-0.2, -0.15) is 0 Å². The summed E-state index contributed by atoms with van der Waals surface area (Å²) in [4.78, 5) is 89.7. The van der Waals surface area contributed by atoms with Crippen LogP contribution in [0.15, 0.2) is 0 Å². The van der Waals surface area contributed by atoms with Crippen molar-refractivity contribution in [2.75, 3.05) is 0 Å². The van der Waals surface area contributed by atoms with Gasteiger partial charge in [-0.1, -0.05) is 0 Å². The Morgan fingerprint density at radius 3 is 0.288 bits per heavy atom. The normalized spacial score (nSPS) is 29.7. The highest BCUT2D eigenvalue weighted by molar-refractivity contribution is 7.74. The summed E-state index contributed by atoms with van der Waals surface area (Å²) in [6.45, 7) is 0. The highest BCUT2D eigenvalue weighted by Crippen LogP contribution is 2.75. The minimum Gasteiger partial charge on any atom is -0.756 e. The molecule has 0 bridgehead atoms. The third-order valence-electron chi connectivity index (χ3n) is 1.60. The Balaban J connectivity index is -0.0000000930. The van der Waals surface area contributed by atoms with Crippen molar-refractivity contribution < 1.29 is 164 Å². The molecular formula is C8H52N24O26P8. The second-order valence-corrected chi connectivity index (χ2v) is 20.6. The average Bonchev–Trinajstić information content (AvgIpc) is 2.78. The first-order valence-electron chi connectivity index (χ1n) is 12.8. The second-order valence-electron chi connectivity index (χ2n) is 8.23. The van der Waals surface area contributed by atoms with E-state index in [9.17, 15) is 75.7 Å². The number of hydrogen-bond donors (Lipinski definition) is 24. The number of nitrogens with two attached hydrogens (primary N) is 24. The Hall–Kier alpha value is -4.72. The number of rotatable bonds is 0. The van der Waals surface area contributed by atoms with Gasteiger partial charge < -0.3 is 50.1 Å². The first kappa shape index (κ1) is 84.7. The molecule has 400 valence electrons. The van der Waals surface area contributed by atoms with Gasteiger partial charge in [-0.25, -0.2) is 34.5 Å². The van der Waals surface area contributed by atoms with Crippen molar-refractivity contribution in [2.24, 2.45) is 91.7 Å². The lowest BCUT2D eigenvalue weighted by atomic mass is 11.1. The molecule has 0 unspecified atom stereocenters. The minimum absolute atomic E-state index is 0. The molecule has 0 aromatic rings. The van der Waals surface area contributed by atoms with Gasteiger partial charge in [0.25, 0.3) is 62.6 Å². The molecule has 1 aliphatic heterocycles. The van der Waals surface area contributed by atoms with Crippen LogP contribution in [0.4, 0.5) is 0 Å². The molecule has 1 aliphatic rings. The first-order chi connectivity index (χ1) is 27.5. The van der Waals surface area contributed by atoms with Crippen LogP contribution >= 0.6 is 62.6 Å². The molecule has 0 saturated carbocycles. The number of hydrogen-bond acceptors (Lipinski definition) is 24. The maximum Gasteiger partial charge on any atom is 0.336 e. The minimum atomic E-state index is -6.96. The predicted molar refractivity (Wildman–Crippen MR) is 199 cm³/mol. The topological polar surface area (TPSA) is 1080 Å². The van der Waals surface area contributed by atoms with E-state index >= 15 is 0 Å². The summed E-state index contributed by atoms with van der Waals surface area (Å²) in [5.74, 6) is -0.667. The Morgan fingerprint density at radius 1 is 0.227 bits per heavy atom. The fourth-order valence-corrected chi connectivity index (χ4v) is 12.0. The van der Waals surface area contributed by atoms with E-state index in [1.807, 2.05) is 0 Å². The van der Waals surface area contributed by atoms with Crippen molar-refractivity contribution in [3.05, 3.63) is 0 Å². The summed E-state index contributed by atoms with van der Waals surface area (Å²) in [6, 6.07) is 0. The van der Waals surface area contributed by atoms with E-state index in [0.717, 1.165) is 0 Å². The van der Waals surface area contributed by atoms with E-state index < -0.39 is 62.6 Å². The van der Waals surface area contributed by atoms with E-state index in [4.69, 9.17) is 0 Å². The van der Waals surface area contributed by atoms with Crippen LogP contribution in [-0.4, -0.2) is 58.6 Å². The van der Waals surface area contributed by atoms with Gasteiger partial charge in [0, 0.05) is 0 Å². The molecule has 1 heterocycles. The molecule has 0 aromatic heterocycles. The summed E-state index contributed by atoms with van der Waals surface area (Å²) < 4.78 is 112. The molecule has 50 nitrogen and oxygen atoms in total. The van der Waals surface area contributed by atoms with Crippen LogP contribution in [0.25, 0.3) is 0 Å². The average molecular weight is 1150 g/mol. The Kier molecular flexibility index (Phi) is 48.0. The highest BCUT2D eigenvalue weighted by Gasteiger charge is 2.36. The standard InChI is InChI=1S/8CH5N3.H8O24P8.2H2O/c8*2-1(3)4;1-25(2)17-26(3,4)19-28(7,8)21-30(11,12)23-32(15,16)24-31(13,14)22-29(9,10)20-27(5,6)18-25;;/h8*(H5,2,3,4);(H,1,2)(H,3,4)(H,5,6)(H,7,8)(H,9,10)(H,11,12)(H,13,14)(H,15,16);2*1H2. The lowest BCUT2D eigenvalue weighted by molar-refractivity contribution is -0.259.